The molecule has 4 aromatic rings. The van der Waals surface area contributed by atoms with E-state index < -0.39 is 35.8 Å². The van der Waals surface area contributed by atoms with Crippen molar-refractivity contribution in [3.8, 4) is 0 Å². The minimum atomic E-state index is -0.831. The van der Waals surface area contributed by atoms with Gasteiger partial charge in [0, 0.05) is 11.8 Å². The summed E-state index contributed by atoms with van der Waals surface area (Å²) in [5, 5.41) is 0. The van der Waals surface area contributed by atoms with E-state index in [0.717, 1.165) is 16.7 Å². The summed E-state index contributed by atoms with van der Waals surface area (Å²) in [5.74, 6) is 0. The minimum absolute atomic E-state index is 0.229. The van der Waals surface area contributed by atoms with Crippen molar-refractivity contribution in [2.24, 2.45) is 0 Å². The highest BCUT2D eigenvalue weighted by atomic mass is 16.6. The molecular formula is C31H32N2O6. The lowest BCUT2D eigenvalue weighted by Gasteiger charge is -2.25. The van der Waals surface area contributed by atoms with Crippen molar-refractivity contribution >= 4 is 0 Å². The van der Waals surface area contributed by atoms with E-state index in [1.54, 1.807) is 6.92 Å². The van der Waals surface area contributed by atoms with Crippen LogP contribution in [0, 0.1) is 6.92 Å². The average molecular weight is 529 g/mol. The van der Waals surface area contributed by atoms with E-state index in [1.165, 1.54) is 10.8 Å². The zero-order valence-electron chi connectivity index (χ0n) is 21.8. The first-order chi connectivity index (χ1) is 19.1. The number of nitrogens with one attached hydrogen (secondary N) is 1. The maximum atomic E-state index is 12.9. The molecule has 8 heteroatoms. The number of aryl methyl sites for hydroxylation is 1. The Balaban J connectivity index is 1.43. The van der Waals surface area contributed by atoms with E-state index >= 15 is 0 Å². The van der Waals surface area contributed by atoms with Gasteiger partial charge < -0.3 is 18.9 Å². The van der Waals surface area contributed by atoms with Crippen molar-refractivity contribution in [3.05, 3.63) is 140 Å². The molecule has 0 saturated carbocycles. The van der Waals surface area contributed by atoms with Gasteiger partial charge in [-0.05, 0) is 23.6 Å². The summed E-state index contributed by atoms with van der Waals surface area (Å²) in [4.78, 5) is 27.3. The normalized spacial score (nSPS) is 20.7. The molecule has 0 aliphatic carbocycles. The van der Waals surface area contributed by atoms with Crippen molar-refractivity contribution < 1.29 is 18.9 Å². The molecule has 0 bridgehead atoms. The van der Waals surface area contributed by atoms with Crippen LogP contribution in [0.2, 0.25) is 0 Å². The number of H-pyrrole nitrogens is 1. The van der Waals surface area contributed by atoms with Gasteiger partial charge in [0.05, 0.1) is 26.4 Å². The van der Waals surface area contributed by atoms with Crippen LogP contribution in [0.4, 0.5) is 0 Å². The topological polar surface area (TPSA) is 91.8 Å². The molecule has 1 N–H and O–H groups in total. The molecule has 0 amide bonds. The standard InChI is InChI=1S/C31H32N2O6/c1-22-17-33(31(35)32-29(22)34)30-28(38-20-25-15-9-4-10-16-25)27(37-19-24-13-7-3-8-14-24)26(39-30)21-36-18-23-11-5-2-6-12-23/h2-17,26-28,30H,18-21H2,1H3,(H,32,34,35)/t26-,27-,28-,30+/m1/s1. The Kier molecular flexibility index (Phi) is 8.80. The molecular weight excluding hydrogens is 496 g/mol. The second kappa shape index (κ2) is 12.8. The van der Waals surface area contributed by atoms with Crippen molar-refractivity contribution in [1.29, 1.82) is 0 Å². The molecule has 1 aliphatic rings. The van der Waals surface area contributed by atoms with E-state index in [-0.39, 0.29) is 6.61 Å². The highest BCUT2D eigenvalue weighted by Crippen LogP contribution is 2.34. The lowest BCUT2D eigenvalue weighted by atomic mass is 10.1. The van der Waals surface area contributed by atoms with Gasteiger partial charge in [0.15, 0.2) is 6.23 Å². The number of ether oxygens (including phenoxy) is 4. The fourth-order valence-corrected chi connectivity index (χ4v) is 4.62. The lowest BCUT2D eigenvalue weighted by Crippen LogP contribution is -2.41. The molecule has 39 heavy (non-hydrogen) atoms. The maximum Gasteiger partial charge on any atom is 0.330 e. The summed E-state index contributed by atoms with van der Waals surface area (Å²) >= 11 is 0. The molecule has 1 aromatic heterocycles. The van der Waals surface area contributed by atoms with Crippen molar-refractivity contribution in [3.63, 3.8) is 0 Å². The van der Waals surface area contributed by atoms with Gasteiger partial charge in [0.1, 0.15) is 18.3 Å². The van der Waals surface area contributed by atoms with E-state index in [0.29, 0.717) is 25.4 Å². The maximum absolute atomic E-state index is 12.9. The number of hydrogen-bond donors (Lipinski definition) is 1. The Morgan fingerprint density at radius 2 is 1.26 bits per heavy atom. The fraction of sp³-hybridized carbons (Fsp3) is 0.290. The molecule has 1 aliphatic heterocycles. The Morgan fingerprint density at radius 1 is 0.744 bits per heavy atom. The van der Waals surface area contributed by atoms with Gasteiger partial charge in [-0.3, -0.25) is 14.3 Å². The summed E-state index contributed by atoms with van der Waals surface area (Å²) in [6.45, 7) is 2.91. The predicted octanol–water partition coefficient (Wildman–Crippen LogP) is 4.13. The molecule has 3 aromatic carbocycles. The van der Waals surface area contributed by atoms with Crippen LogP contribution in [0.15, 0.2) is 107 Å². The van der Waals surface area contributed by atoms with E-state index in [1.807, 2.05) is 91.0 Å². The fourth-order valence-electron chi connectivity index (χ4n) is 4.62. The number of benzene rings is 3. The van der Waals surface area contributed by atoms with Crippen LogP contribution in [0.3, 0.4) is 0 Å². The summed E-state index contributed by atoms with van der Waals surface area (Å²) in [6, 6.07) is 29.5. The van der Waals surface area contributed by atoms with Crippen LogP contribution >= 0.6 is 0 Å². The summed E-state index contributed by atoms with van der Waals surface area (Å²) < 4.78 is 26.7. The number of aromatic nitrogens is 2. The van der Waals surface area contributed by atoms with Gasteiger partial charge in [0.2, 0.25) is 0 Å². The van der Waals surface area contributed by atoms with E-state index in [2.05, 4.69) is 4.98 Å². The molecule has 0 radical (unpaired) electrons. The first-order valence-corrected chi connectivity index (χ1v) is 13.0. The Bertz CT molecular complexity index is 1440. The Morgan fingerprint density at radius 3 is 1.82 bits per heavy atom. The molecule has 1 fully saturated rings. The molecule has 8 nitrogen and oxygen atoms in total. The summed E-state index contributed by atoms with van der Waals surface area (Å²) in [6.07, 6.45) is -1.05. The lowest BCUT2D eigenvalue weighted by molar-refractivity contribution is -0.0921. The highest BCUT2D eigenvalue weighted by molar-refractivity contribution is 5.15. The quantitative estimate of drug-likeness (QED) is 0.315. The van der Waals surface area contributed by atoms with Gasteiger partial charge in [-0.1, -0.05) is 91.0 Å². The first kappa shape index (κ1) is 26.8. The average Bonchev–Trinajstić information content (AvgIpc) is 3.31. The van der Waals surface area contributed by atoms with Crippen LogP contribution in [0.25, 0.3) is 0 Å². The zero-order valence-corrected chi connectivity index (χ0v) is 21.8. The third-order valence-electron chi connectivity index (χ3n) is 6.67. The van der Waals surface area contributed by atoms with Crippen molar-refractivity contribution in [1.82, 2.24) is 9.55 Å². The van der Waals surface area contributed by atoms with Crippen LogP contribution in [0.1, 0.15) is 28.5 Å². The molecule has 0 spiro atoms. The van der Waals surface area contributed by atoms with Crippen molar-refractivity contribution in [2.75, 3.05) is 6.61 Å². The smallest absolute Gasteiger partial charge is 0.330 e. The SMILES string of the molecule is Cc1cn([C@H]2O[C@H](COCc3ccccc3)[C@@H](OCc3ccccc3)[C@H]2OCc2ccccc2)c(=O)[nH]c1=O. The second-order valence-electron chi connectivity index (χ2n) is 9.57. The van der Waals surface area contributed by atoms with Gasteiger partial charge in [-0.2, -0.15) is 0 Å². The van der Waals surface area contributed by atoms with E-state index in [9.17, 15) is 9.59 Å². The largest absolute Gasteiger partial charge is 0.374 e. The number of nitrogens with zero attached hydrogens (tertiary/aromatic N) is 1. The van der Waals surface area contributed by atoms with E-state index in [4.69, 9.17) is 18.9 Å². The molecule has 5 rings (SSSR count). The van der Waals surface area contributed by atoms with Crippen LogP contribution < -0.4 is 11.2 Å². The predicted molar refractivity (Wildman–Crippen MR) is 146 cm³/mol. The molecule has 0 unspecified atom stereocenters. The van der Waals surface area contributed by atoms with Gasteiger partial charge in [-0.25, -0.2) is 4.79 Å². The third-order valence-corrected chi connectivity index (χ3v) is 6.67. The van der Waals surface area contributed by atoms with Crippen molar-refractivity contribution in [2.45, 2.75) is 51.3 Å². The third kappa shape index (κ3) is 6.79. The van der Waals surface area contributed by atoms with Gasteiger partial charge >= 0.3 is 5.69 Å². The van der Waals surface area contributed by atoms with Crippen LogP contribution in [0.5, 0.6) is 0 Å². The molecule has 4 atom stereocenters. The number of aromatic amines is 1. The van der Waals surface area contributed by atoms with Gasteiger partial charge in [-0.15, -0.1) is 0 Å². The van der Waals surface area contributed by atoms with Crippen LogP contribution in [-0.2, 0) is 38.8 Å². The monoisotopic (exact) mass is 528 g/mol. The Labute approximate surface area is 226 Å². The molecule has 1 saturated heterocycles. The molecule has 202 valence electrons. The second-order valence-corrected chi connectivity index (χ2v) is 9.57. The number of hydrogen-bond acceptors (Lipinski definition) is 6. The number of rotatable bonds is 11. The summed E-state index contributed by atoms with van der Waals surface area (Å²) in [5.41, 5.74) is 2.41. The first-order valence-electron chi connectivity index (χ1n) is 13.0. The highest BCUT2D eigenvalue weighted by Gasteiger charge is 2.48. The van der Waals surface area contributed by atoms with Crippen LogP contribution in [-0.4, -0.2) is 34.5 Å². The summed E-state index contributed by atoms with van der Waals surface area (Å²) in [7, 11) is 0. The Hall–Kier alpha value is -3.82. The van der Waals surface area contributed by atoms with Gasteiger partial charge in [0.25, 0.3) is 5.56 Å². The zero-order chi connectivity index (χ0) is 27.0. The molecule has 2 heterocycles. The minimum Gasteiger partial charge on any atom is -0.374 e.